The number of fused-ring (bicyclic) bond motifs is 1. The number of benzene rings is 2. The van der Waals surface area contributed by atoms with E-state index in [1.165, 1.54) is 0 Å². The maximum atomic E-state index is 5.44. The van der Waals surface area contributed by atoms with Gasteiger partial charge in [-0.15, -0.1) is 0 Å². The lowest BCUT2D eigenvalue weighted by Gasteiger charge is -2.24. The first-order chi connectivity index (χ1) is 12.7. The lowest BCUT2D eigenvalue weighted by molar-refractivity contribution is 0.354. The summed E-state index contributed by atoms with van der Waals surface area (Å²) in [6.45, 7) is 0. The number of ether oxygens (including phenoxy) is 2. The zero-order valence-corrected chi connectivity index (χ0v) is 15.8. The predicted octanol–water partition coefficient (Wildman–Crippen LogP) is 3.51. The summed E-state index contributed by atoms with van der Waals surface area (Å²) in [4.78, 5) is 0. The van der Waals surface area contributed by atoms with Gasteiger partial charge in [-0.05, 0) is 51.9 Å². The van der Waals surface area contributed by atoms with Gasteiger partial charge in [0.25, 0.3) is 0 Å². The highest BCUT2D eigenvalue weighted by Gasteiger charge is 2.25. The van der Waals surface area contributed by atoms with Gasteiger partial charge in [0.2, 0.25) is 5.95 Å². The van der Waals surface area contributed by atoms with E-state index in [2.05, 4.69) is 42.8 Å². The number of anilines is 1. The first kappa shape index (κ1) is 16.6. The highest BCUT2D eigenvalue weighted by atomic mass is 79.9. The maximum Gasteiger partial charge on any atom is 0.248 e. The molecule has 1 aliphatic heterocycles. The average Bonchev–Trinajstić information content (AvgIpc) is 3.15. The monoisotopic (exact) mass is 413 g/mol. The first-order valence-corrected chi connectivity index (χ1v) is 8.73. The Hall–Kier alpha value is -2.87. The smallest absolute Gasteiger partial charge is 0.248 e. The summed E-state index contributed by atoms with van der Waals surface area (Å²) in [6, 6.07) is 13.7. The van der Waals surface area contributed by atoms with Crippen molar-refractivity contribution >= 4 is 27.6 Å². The number of hydrogen-bond donors (Lipinski definition) is 1. The van der Waals surface area contributed by atoms with Gasteiger partial charge in [0, 0.05) is 10.2 Å². The number of methoxy groups -OCH3 is 2. The molecular formula is C18H16BrN5O2. The van der Waals surface area contributed by atoms with Gasteiger partial charge in [0.05, 0.1) is 14.2 Å². The van der Waals surface area contributed by atoms with Gasteiger partial charge in [0.1, 0.15) is 6.04 Å². The van der Waals surface area contributed by atoms with Crippen LogP contribution < -0.4 is 14.8 Å². The summed E-state index contributed by atoms with van der Waals surface area (Å²) in [5.74, 6) is 1.93. The van der Waals surface area contributed by atoms with E-state index >= 15 is 0 Å². The van der Waals surface area contributed by atoms with Crippen molar-refractivity contribution in [2.45, 2.75) is 6.04 Å². The molecule has 3 aromatic rings. The Kier molecular flexibility index (Phi) is 4.34. The van der Waals surface area contributed by atoms with Gasteiger partial charge in [-0.2, -0.15) is 4.68 Å². The molecule has 1 N–H and O–H groups in total. The molecule has 0 radical (unpaired) electrons. The molecule has 0 fully saturated rings. The summed E-state index contributed by atoms with van der Waals surface area (Å²) < 4.78 is 13.5. The minimum Gasteiger partial charge on any atom is -0.493 e. The third-order valence-corrected chi connectivity index (χ3v) is 4.71. The number of tetrazole rings is 1. The van der Waals surface area contributed by atoms with E-state index in [1.807, 2.05) is 42.5 Å². The minimum absolute atomic E-state index is 0.171. The van der Waals surface area contributed by atoms with Gasteiger partial charge in [-0.1, -0.05) is 39.2 Å². The number of hydrogen-bond acceptors (Lipinski definition) is 6. The van der Waals surface area contributed by atoms with Crippen LogP contribution in [0.2, 0.25) is 0 Å². The zero-order chi connectivity index (χ0) is 18.1. The summed E-state index contributed by atoms with van der Waals surface area (Å²) in [5, 5.41) is 15.3. The largest absolute Gasteiger partial charge is 0.493 e. The molecule has 0 saturated carbocycles. The van der Waals surface area contributed by atoms with Crippen molar-refractivity contribution in [2.24, 2.45) is 0 Å². The molecule has 1 atom stereocenters. The molecule has 0 unspecified atom stereocenters. The zero-order valence-electron chi connectivity index (χ0n) is 14.2. The standard InChI is InChI=1S/C18H16BrN5O2/c1-25-16-7-6-12(9-17(16)26-2)15-10-14(11-4-3-5-13(19)8-11)20-18-21-22-23-24(15)18/h3-10,15H,1-2H3,(H,20,21,23)/t15-/m0/s1. The summed E-state index contributed by atoms with van der Waals surface area (Å²) in [7, 11) is 3.24. The number of nitrogens with zero attached hydrogens (tertiary/aromatic N) is 4. The Morgan fingerprint density at radius 2 is 1.92 bits per heavy atom. The lowest BCUT2D eigenvalue weighted by Crippen LogP contribution is -2.20. The Morgan fingerprint density at radius 3 is 2.69 bits per heavy atom. The molecule has 2 aromatic carbocycles. The summed E-state index contributed by atoms with van der Waals surface area (Å²) in [5.41, 5.74) is 2.97. The van der Waals surface area contributed by atoms with Crippen LogP contribution in [0.4, 0.5) is 5.95 Å². The first-order valence-electron chi connectivity index (χ1n) is 7.94. The lowest BCUT2D eigenvalue weighted by atomic mass is 10.0. The topological polar surface area (TPSA) is 74.1 Å². The van der Waals surface area contributed by atoms with Gasteiger partial charge < -0.3 is 14.8 Å². The minimum atomic E-state index is -0.171. The van der Waals surface area contributed by atoms with Gasteiger partial charge in [-0.3, -0.25) is 0 Å². The number of halogens is 1. The molecule has 26 heavy (non-hydrogen) atoms. The van der Waals surface area contributed by atoms with Crippen LogP contribution in [0.25, 0.3) is 5.70 Å². The van der Waals surface area contributed by atoms with Crippen LogP contribution in [0.5, 0.6) is 11.5 Å². The molecule has 1 aliphatic rings. The second-order valence-corrected chi connectivity index (χ2v) is 6.64. The Bertz CT molecular complexity index is 985. The number of rotatable bonds is 4. The normalized spacial score (nSPS) is 15.7. The van der Waals surface area contributed by atoms with Crippen molar-refractivity contribution in [3.8, 4) is 11.5 Å². The Balaban J connectivity index is 1.81. The molecule has 0 bridgehead atoms. The van der Waals surface area contributed by atoms with Crippen molar-refractivity contribution in [2.75, 3.05) is 19.5 Å². The van der Waals surface area contributed by atoms with E-state index in [1.54, 1.807) is 18.9 Å². The van der Waals surface area contributed by atoms with Crippen molar-refractivity contribution in [3.63, 3.8) is 0 Å². The van der Waals surface area contributed by atoms with Crippen molar-refractivity contribution in [1.29, 1.82) is 0 Å². The quantitative estimate of drug-likeness (QED) is 0.705. The van der Waals surface area contributed by atoms with Gasteiger partial charge >= 0.3 is 0 Å². The van der Waals surface area contributed by atoms with E-state index in [4.69, 9.17) is 9.47 Å². The highest BCUT2D eigenvalue weighted by molar-refractivity contribution is 9.10. The predicted molar refractivity (Wildman–Crippen MR) is 101 cm³/mol. The fraction of sp³-hybridized carbons (Fsp3) is 0.167. The molecule has 0 aliphatic carbocycles. The van der Waals surface area contributed by atoms with E-state index in [9.17, 15) is 0 Å². The van der Waals surface area contributed by atoms with Crippen LogP contribution in [-0.2, 0) is 0 Å². The van der Waals surface area contributed by atoms with Crippen molar-refractivity contribution in [1.82, 2.24) is 20.2 Å². The molecule has 2 heterocycles. The van der Waals surface area contributed by atoms with E-state index < -0.39 is 0 Å². The highest BCUT2D eigenvalue weighted by Crippen LogP contribution is 2.36. The second kappa shape index (κ2) is 6.80. The van der Waals surface area contributed by atoms with E-state index in [-0.39, 0.29) is 6.04 Å². The molecular weight excluding hydrogens is 398 g/mol. The van der Waals surface area contributed by atoms with E-state index in [0.29, 0.717) is 17.4 Å². The average molecular weight is 414 g/mol. The molecule has 132 valence electrons. The molecule has 0 saturated heterocycles. The fourth-order valence-corrected chi connectivity index (χ4v) is 3.35. The molecule has 0 spiro atoms. The van der Waals surface area contributed by atoms with Crippen LogP contribution in [0.1, 0.15) is 17.2 Å². The SMILES string of the molecule is COc1ccc([C@@H]2C=C(c3cccc(Br)c3)Nc3nnnn32)cc1OC. The molecule has 8 heteroatoms. The summed E-state index contributed by atoms with van der Waals surface area (Å²) >= 11 is 3.52. The fourth-order valence-electron chi connectivity index (χ4n) is 2.95. The Labute approximate surface area is 158 Å². The Morgan fingerprint density at radius 1 is 1.08 bits per heavy atom. The van der Waals surface area contributed by atoms with E-state index in [0.717, 1.165) is 21.3 Å². The molecule has 1 aromatic heterocycles. The van der Waals surface area contributed by atoms with Crippen LogP contribution in [0.15, 0.2) is 53.0 Å². The molecule has 7 nitrogen and oxygen atoms in total. The van der Waals surface area contributed by atoms with Crippen LogP contribution in [0.3, 0.4) is 0 Å². The molecule has 0 amide bonds. The van der Waals surface area contributed by atoms with Gasteiger partial charge in [-0.25, -0.2) is 0 Å². The third kappa shape index (κ3) is 2.92. The van der Waals surface area contributed by atoms with Crippen LogP contribution in [0, 0.1) is 0 Å². The van der Waals surface area contributed by atoms with Crippen molar-refractivity contribution in [3.05, 3.63) is 64.1 Å². The number of allylic oxidation sites excluding steroid dienone is 1. The summed E-state index contributed by atoms with van der Waals surface area (Å²) in [6.07, 6.45) is 2.09. The second-order valence-electron chi connectivity index (χ2n) is 5.72. The number of aromatic nitrogens is 4. The maximum absolute atomic E-state index is 5.44. The molecule has 4 rings (SSSR count). The van der Waals surface area contributed by atoms with Gasteiger partial charge in [0.15, 0.2) is 11.5 Å². The van der Waals surface area contributed by atoms with Crippen LogP contribution in [-0.4, -0.2) is 34.4 Å². The third-order valence-electron chi connectivity index (χ3n) is 4.21. The van der Waals surface area contributed by atoms with Crippen LogP contribution >= 0.6 is 15.9 Å². The number of nitrogens with one attached hydrogen (secondary N) is 1. The van der Waals surface area contributed by atoms with Crippen molar-refractivity contribution < 1.29 is 9.47 Å².